The van der Waals surface area contributed by atoms with Crippen LogP contribution in [-0.2, 0) is 45.8 Å². The van der Waals surface area contributed by atoms with Crippen molar-refractivity contribution in [2.75, 3.05) is 0 Å². The van der Waals surface area contributed by atoms with E-state index in [0.717, 1.165) is 92.8 Å². The fourth-order valence-corrected chi connectivity index (χ4v) is 7.87. The minimum atomic E-state index is 0. The molecule has 63 heavy (non-hydrogen) atoms. The molecule has 0 N–H and O–H groups in total. The molecule has 9 aromatic rings. The first-order valence-corrected chi connectivity index (χ1v) is 20.6. The number of nitriles is 2. The van der Waals surface area contributed by atoms with E-state index in [1.54, 1.807) is 12.3 Å². The van der Waals surface area contributed by atoms with Crippen LogP contribution in [0.4, 0.5) is 0 Å². The number of aryl methyl sites for hydroxylation is 4. The molecular formula is C57H38IrN5. The van der Waals surface area contributed by atoms with Gasteiger partial charge in [-0.3, -0.25) is 0 Å². The largest absolute Gasteiger partial charge is 3.00 e. The zero-order chi connectivity index (χ0) is 42.1. The molecule has 0 aliphatic carbocycles. The van der Waals surface area contributed by atoms with E-state index in [9.17, 15) is 10.5 Å². The Kier molecular flexibility index (Phi) is 13.3. The zero-order valence-corrected chi connectivity index (χ0v) is 36.6. The van der Waals surface area contributed by atoms with Gasteiger partial charge in [-0.1, -0.05) is 114 Å². The second-order valence-corrected chi connectivity index (χ2v) is 15.1. The predicted molar refractivity (Wildman–Crippen MR) is 246 cm³/mol. The molecule has 0 fully saturated rings. The van der Waals surface area contributed by atoms with Crippen molar-refractivity contribution in [1.29, 1.82) is 10.5 Å². The Balaban J connectivity index is 0.00000544. The van der Waals surface area contributed by atoms with Crippen molar-refractivity contribution in [3.63, 3.8) is 0 Å². The average molecular weight is 985 g/mol. The van der Waals surface area contributed by atoms with Crippen molar-refractivity contribution in [2.45, 2.75) is 25.7 Å². The number of nitrogens with zero attached hydrogens (tertiary/aromatic N) is 5. The van der Waals surface area contributed by atoms with Crippen molar-refractivity contribution in [2.24, 2.45) is 0 Å². The monoisotopic (exact) mass is 985 g/mol. The van der Waals surface area contributed by atoms with Gasteiger partial charge in [-0.15, -0.1) is 94.5 Å². The Hall–Kier alpha value is -7.60. The van der Waals surface area contributed by atoms with E-state index in [0.29, 0.717) is 11.1 Å². The fraction of sp³-hybridized carbons (Fsp3) is 0.0702. The van der Waals surface area contributed by atoms with Gasteiger partial charge in [0.05, 0.1) is 11.1 Å². The van der Waals surface area contributed by atoms with E-state index < -0.39 is 0 Å². The average Bonchev–Trinajstić information content (AvgIpc) is 3.35. The quantitative estimate of drug-likeness (QED) is 0.114. The number of hydrogen-bond donors (Lipinski definition) is 0. The van der Waals surface area contributed by atoms with Gasteiger partial charge in [0.15, 0.2) is 0 Å². The Labute approximate surface area is 382 Å². The van der Waals surface area contributed by atoms with E-state index in [2.05, 4.69) is 130 Å². The summed E-state index contributed by atoms with van der Waals surface area (Å²) in [4.78, 5) is 13.6. The summed E-state index contributed by atoms with van der Waals surface area (Å²) >= 11 is 0. The van der Waals surface area contributed by atoms with Gasteiger partial charge in [0.1, 0.15) is 12.1 Å². The molecular weight excluding hydrogens is 947 g/mol. The van der Waals surface area contributed by atoms with Crippen LogP contribution in [0.5, 0.6) is 0 Å². The van der Waals surface area contributed by atoms with Crippen LogP contribution >= 0.6 is 0 Å². The van der Waals surface area contributed by atoms with Crippen LogP contribution in [0, 0.1) is 40.9 Å². The Morgan fingerprint density at radius 3 is 1.40 bits per heavy atom. The van der Waals surface area contributed by atoms with Crippen molar-refractivity contribution < 1.29 is 20.1 Å². The first-order valence-electron chi connectivity index (χ1n) is 20.6. The molecule has 0 aliphatic heterocycles. The summed E-state index contributed by atoms with van der Waals surface area (Å²) in [6.45, 7) is 0. The Morgan fingerprint density at radius 2 is 0.889 bits per heavy atom. The summed E-state index contributed by atoms with van der Waals surface area (Å²) in [5, 5.41) is 19.7. The summed E-state index contributed by atoms with van der Waals surface area (Å²) < 4.78 is 0. The molecule has 0 atom stereocenters. The van der Waals surface area contributed by atoms with Crippen molar-refractivity contribution >= 4 is 0 Å². The normalized spacial score (nSPS) is 10.6. The summed E-state index contributed by atoms with van der Waals surface area (Å²) in [7, 11) is 0. The van der Waals surface area contributed by atoms with Crippen LogP contribution in [0.25, 0.3) is 67.2 Å². The van der Waals surface area contributed by atoms with Crippen LogP contribution in [0.15, 0.2) is 182 Å². The van der Waals surface area contributed by atoms with E-state index in [1.807, 2.05) is 85.2 Å². The molecule has 9 rings (SSSR count). The summed E-state index contributed by atoms with van der Waals surface area (Å²) in [6.07, 6.45) is 8.82. The standard InChI is InChI=1S/C57H38N5.Ir/c58-38-48-27-26-46(36-50(48)39-59)54-37-47(57-13-5-8-32-62-57)28-29-53(54)52-10-2-1-9-51(52)49-34-42(16-14-40-18-22-44(23-19-40)55-11-3-6-30-60-55)33-43(35-49)17-15-41-20-24-45(25-21-41)56-12-4-7-31-61-56;/h1-13,18-22,24,26-27,29-37H,14-17H2;/q-3;+3. The zero-order valence-electron chi connectivity index (χ0n) is 34.2. The third-order valence-corrected chi connectivity index (χ3v) is 11.1. The summed E-state index contributed by atoms with van der Waals surface area (Å²) in [5.41, 5.74) is 17.0. The third kappa shape index (κ3) is 9.81. The molecule has 6 heteroatoms. The molecule has 0 unspecified atom stereocenters. The SMILES string of the molecule is N#Cc1ccc(-c2cc(-c3ccccn3)[c-]cc2-c2ccccc2-c2cc(CCc3c[c-]c(-c4ccccn4)cc3)cc(CCc3c[c-]c(-c4ccccn4)cc3)c2)cc1C#N.[Ir+3]. The van der Waals surface area contributed by atoms with Gasteiger partial charge in [-0.25, -0.2) is 0 Å². The van der Waals surface area contributed by atoms with E-state index in [1.165, 1.54) is 22.3 Å². The number of benzene rings is 6. The molecule has 0 spiro atoms. The van der Waals surface area contributed by atoms with E-state index in [-0.39, 0.29) is 20.1 Å². The van der Waals surface area contributed by atoms with Gasteiger partial charge in [-0.2, -0.15) is 10.5 Å². The second kappa shape index (κ2) is 19.9. The molecule has 0 saturated heterocycles. The van der Waals surface area contributed by atoms with Gasteiger partial charge >= 0.3 is 20.1 Å². The Morgan fingerprint density at radius 1 is 0.381 bits per heavy atom. The molecule has 0 radical (unpaired) electrons. The van der Waals surface area contributed by atoms with Crippen LogP contribution in [0.2, 0.25) is 0 Å². The first kappa shape index (κ1) is 42.1. The molecule has 6 aromatic carbocycles. The maximum absolute atomic E-state index is 10.0. The molecule has 5 nitrogen and oxygen atoms in total. The van der Waals surface area contributed by atoms with Crippen molar-refractivity contribution in [3.05, 3.63) is 234 Å². The van der Waals surface area contributed by atoms with E-state index in [4.69, 9.17) is 0 Å². The van der Waals surface area contributed by atoms with Crippen LogP contribution in [0.3, 0.4) is 0 Å². The molecule has 300 valence electrons. The van der Waals surface area contributed by atoms with Gasteiger partial charge in [0.25, 0.3) is 0 Å². The van der Waals surface area contributed by atoms with Crippen molar-refractivity contribution in [1.82, 2.24) is 15.0 Å². The van der Waals surface area contributed by atoms with Gasteiger partial charge in [-0.05, 0) is 88.1 Å². The minimum Gasteiger partial charge on any atom is -0.305 e. The van der Waals surface area contributed by atoms with Gasteiger partial charge in [0, 0.05) is 18.6 Å². The fourth-order valence-electron chi connectivity index (χ4n) is 7.87. The number of aromatic nitrogens is 3. The molecule has 0 bridgehead atoms. The number of rotatable bonds is 12. The summed E-state index contributed by atoms with van der Waals surface area (Å²) in [6, 6.07) is 70.3. The van der Waals surface area contributed by atoms with Crippen LogP contribution in [0.1, 0.15) is 33.4 Å². The summed E-state index contributed by atoms with van der Waals surface area (Å²) in [5.74, 6) is 0. The molecule has 0 aliphatic rings. The second-order valence-electron chi connectivity index (χ2n) is 15.1. The molecule has 0 amide bonds. The molecule has 0 saturated carbocycles. The maximum atomic E-state index is 10.0. The van der Waals surface area contributed by atoms with Crippen LogP contribution < -0.4 is 0 Å². The molecule has 3 heterocycles. The van der Waals surface area contributed by atoms with Gasteiger partial charge < -0.3 is 15.0 Å². The minimum absolute atomic E-state index is 0. The molecule has 3 aromatic heterocycles. The number of pyridine rings is 3. The number of hydrogen-bond acceptors (Lipinski definition) is 5. The predicted octanol–water partition coefficient (Wildman–Crippen LogP) is 12.6. The first-order chi connectivity index (χ1) is 30.6. The van der Waals surface area contributed by atoms with Gasteiger partial charge in [0.2, 0.25) is 0 Å². The third-order valence-electron chi connectivity index (χ3n) is 11.1. The van der Waals surface area contributed by atoms with E-state index >= 15 is 0 Å². The smallest absolute Gasteiger partial charge is 0.305 e. The van der Waals surface area contributed by atoms with Crippen LogP contribution in [-0.4, -0.2) is 15.0 Å². The topological polar surface area (TPSA) is 86.2 Å². The van der Waals surface area contributed by atoms with Crippen molar-refractivity contribution in [3.8, 4) is 79.3 Å². The Bertz CT molecular complexity index is 2960. The maximum Gasteiger partial charge on any atom is 3.00 e.